The molecule has 0 aromatic rings. The van der Waals surface area contributed by atoms with E-state index in [-0.39, 0.29) is 12.0 Å². The molecule has 0 radical (unpaired) electrons. The molecule has 1 heterocycles. The van der Waals surface area contributed by atoms with E-state index in [2.05, 4.69) is 4.74 Å². The third-order valence-corrected chi connectivity index (χ3v) is 6.69. The minimum atomic E-state index is -2.99. The molecule has 110 valence electrons. The highest BCUT2D eigenvalue weighted by molar-refractivity contribution is 6.62. The molecule has 1 saturated heterocycles. The second-order valence-electron chi connectivity index (χ2n) is 4.29. The molecule has 0 bridgehead atoms. The predicted molar refractivity (Wildman–Crippen MR) is 69.3 cm³/mol. The number of rotatable bonds is 8. The van der Waals surface area contributed by atoms with Crippen molar-refractivity contribution in [2.75, 3.05) is 19.8 Å². The van der Waals surface area contributed by atoms with Crippen molar-refractivity contribution in [3.63, 3.8) is 0 Å². The van der Waals surface area contributed by atoms with Crippen LogP contribution in [0.4, 0.5) is 0 Å². The Morgan fingerprint density at radius 1 is 1.16 bits per heavy atom. The zero-order valence-corrected chi connectivity index (χ0v) is 12.9. The van der Waals surface area contributed by atoms with Gasteiger partial charge in [0.05, 0.1) is 12.3 Å². The molecule has 2 atom stereocenters. The van der Waals surface area contributed by atoms with Gasteiger partial charge in [-0.1, -0.05) is 6.92 Å². The number of hydrogen-bond acceptors (Lipinski definition) is 6. The minimum Gasteiger partial charge on any atom is -0.393 e. The minimum absolute atomic E-state index is 0.0714. The average molecular weight is 290 g/mol. The van der Waals surface area contributed by atoms with E-state index in [1.807, 2.05) is 27.7 Å². The molecule has 0 amide bonds. The lowest BCUT2D eigenvalue weighted by atomic mass is 10.1. The maximum Gasteiger partial charge on any atom is 0.504 e. The molecule has 19 heavy (non-hydrogen) atoms. The second-order valence-corrected chi connectivity index (χ2v) is 7.28. The van der Waals surface area contributed by atoms with Crippen LogP contribution in [0.5, 0.6) is 0 Å². The summed E-state index contributed by atoms with van der Waals surface area (Å²) in [4.78, 5) is 22.9. The molecular weight excluding hydrogens is 268 g/mol. The summed E-state index contributed by atoms with van der Waals surface area (Å²) in [7, 11) is -2.99. The molecule has 0 saturated carbocycles. The molecule has 2 unspecified atom stereocenters. The van der Waals surface area contributed by atoms with Crippen LogP contribution >= 0.6 is 0 Å². The zero-order valence-electron chi connectivity index (χ0n) is 11.9. The number of carbonyl (C=O) groups excluding carboxylic acids is 2. The molecule has 1 aliphatic rings. The van der Waals surface area contributed by atoms with Gasteiger partial charge in [-0.2, -0.15) is 0 Å². The quantitative estimate of drug-likeness (QED) is 0.383. The van der Waals surface area contributed by atoms with E-state index >= 15 is 0 Å². The van der Waals surface area contributed by atoms with Gasteiger partial charge in [-0.05, 0) is 20.8 Å². The van der Waals surface area contributed by atoms with Gasteiger partial charge in [0.25, 0.3) is 0 Å². The van der Waals surface area contributed by atoms with Crippen molar-refractivity contribution in [3.05, 3.63) is 0 Å². The first-order chi connectivity index (χ1) is 9.00. The summed E-state index contributed by atoms with van der Waals surface area (Å²) < 4.78 is 21.8. The van der Waals surface area contributed by atoms with Gasteiger partial charge in [0.1, 0.15) is 0 Å². The SMILES string of the molecule is CCO[Si](OCC)(OCC)C(C)C1CC(=O)OC1=O. The van der Waals surface area contributed by atoms with Crippen LogP contribution in [-0.2, 0) is 27.6 Å². The highest BCUT2D eigenvalue weighted by Crippen LogP contribution is 2.37. The van der Waals surface area contributed by atoms with Gasteiger partial charge in [0.2, 0.25) is 0 Å². The van der Waals surface area contributed by atoms with E-state index in [9.17, 15) is 9.59 Å². The number of carbonyl (C=O) groups is 2. The third kappa shape index (κ3) is 3.62. The summed E-state index contributed by atoms with van der Waals surface area (Å²) in [6.45, 7) is 8.70. The smallest absolute Gasteiger partial charge is 0.393 e. The number of ether oxygens (including phenoxy) is 1. The van der Waals surface area contributed by atoms with Crippen molar-refractivity contribution in [1.29, 1.82) is 0 Å². The van der Waals surface area contributed by atoms with Crippen molar-refractivity contribution in [1.82, 2.24) is 0 Å². The first-order valence-corrected chi connectivity index (χ1v) is 8.47. The number of cyclic esters (lactones) is 2. The third-order valence-electron chi connectivity index (χ3n) is 3.10. The molecule has 0 aromatic carbocycles. The van der Waals surface area contributed by atoms with Gasteiger partial charge in [-0.25, -0.2) is 0 Å². The lowest BCUT2D eigenvalue weighted by Gasteiger charge is -2.34. The first-order valence-electron chi connectivity index (χ1n) is 6.67. The van der Waals surface area contributed by atoms with E-state index in [1.54, 1.807) is 0 Å². The Labute approximate surface area is 114 Å². The Bertz CT molecular complexity index is 315. The van der Waals surface area contributed by atoms with Crippen LogP contribution in [-0.4, -0.2) is 40.6 Å². The molecule has 7 heteroatoms. The van der Waals surface area contributed by atoms with Gasteiger partial charge in [-0.15, -0.1) is 0 Å². The van der Waals surface area contributed by atoms with Gasteiger partial charge >= 0.3 is 20.7 Å². The van der Waals surface area contributed by atoms with Crippen molar-refractivity contribution < 1.29 is 27.6 Å². The highest BCUT2D eigenvalue weighted by atomic mass is 28.4. The first kappa shape index (κ1) is 16.3. The Balaban J connectivity index is 2.94. The summed E-state index contributed by atoms with van der Waals surface area (Å²) in [5.41, 5.74) is -0.300. The normalized spacial score (nSPS) is 21.6. The number of hydrogen-bond donors (Lipinski definition) is 0. The standard InChI is InChI=1S/C12H22O6Si/c1-5-15-19(16-6-2,17-7-3)9(4)10-8-11(13)18-12(10)14/h9-10H,5-8H2,1-4H3. The monoisotopic (exact) mass is 290 g/mol. The molecule has 0 spiro atoms. The van der Waals surface area contributed by atoms with Crippen LogP contribution in [0, 0.1) is 5.92 Å². The van der Waals surface area contributed by atoms with Gasteiger partial charge in [0.15, 0.2) is 0 Å². The van der Waals surface area contributed by atoms with Gasteiger partial charge in [0, 0.05) is 25.4 Å². The van der Waals surface area contributed by atoms with Crippen LogP contribution in [0.2, 0.25) is 5.54 Å². The molecule has 1 rings (SSSR count). The van der Waals surface area contributed by atoms with Crippen LogP contribution in [0.25, 0.3) is 0 Å². The van der Waals surface area contributed by atoms with Crippen molar-refractivity contribution in [2.45, 2.75) is 39.7 Å². The van der Waals surface area contributed by atoms with E-state index in [0.717, 1.165) is 0 Å². The second kappa shape index (κ2) is 7.13. The van der Waals surface area contributed by atoms with Crippen LogP contribution < -0.4 is 0 Å². The fraction of sp³-hybridized carbons (Fsp3) is 0.833. The predicted octanol–water partition coefficient (Wildman–Crippen LogP) is 1.51. The van der Waals surface area contributed by atoms with Crippen LogP contribution in [0.1, 0.15) is 34.1 Å². The molecule has 1 aliphatic heterocycles. The van der Waals surface area contributed by atoms with E-state index in [0.29, 0.717) is 19.8 Å². The van der Waals surface area contributed by atoms with E-state index in [4.69, 9.17) is 13.3 Å². The van der Waals surface area contributed by atoms with Gasteiger partial charge < -0.3 is 18.0 Å². The Hall–Kier alpha value is -0.763. The summed E-state index contributed by atoms with van der Waals surface area (Å²) >= 11 is 0. The molecular formula is C12H22O6Si. The Kier molecular flexibility index (Phi) is 6.12. The maximum atomic E-state index is 11.7. The summed E-state index contributed by atoms with van der Waals surface area (Å²) in [6.07, 6.45) is 0.0714. The number of esters is 2. The maximum absolute atomic E-state index is 11.7. The Morgan fingerprint density at radius 3 is 1.95 bits per heavy atom. The molecule has 0 aromatic heterocycles. The highest BCUT2D eigenvalue weighted by Gasteiger charge is 2.54. The van der Waals surface area contributed by atoms with E-state index in [1.165, 1.54) is 0 Å². The average Bonchev–Trinajstić information content (AvgIpc) is 2.68. The summed E-state index contributed by atoms with van der Waals surface area (Å²) in [5, 5.41) is 0. The zero-order chi connectivity index (χ0) is 14.5. The van der Waals surface area contributed by atoms with Crippen molar-refractivity contribution >= 4 is 20.7 Å². The van der Waals surface area contributed by atoms with Gasteiger partial charge in [-0.3, -0.25) is 9.59 Å². The van der Waals surface area contributed by atoms with Crippen molar-refractivity contribution in [2.24, 2.45) is 5.92 Å². The largest absolute Gasteiger partial charge is 0.504 e. The van der Waals surface area contributed by atoms with E-state index < -0.39 is 26.7 Å². The van der Waals surface area contributed by atoms with Crippen LogP contribution in [0.15, 0.2) is 0 Å². The van der Waals surface area contributed by atoms with Crippen LogP contribution in [0.3, 0.4) is 0 Å². The molecule has 0 N–H and O–H groups in total. The summed E-state index contributed by atoms with van der Waals surface area (Å²) in [5.74, 6) is -1.54. The topological polar surface area (TPSA) is 71.1 Å². The Morgan fingerprint density at radius 2 is 1.63 bits per heavy atom. The molecule has 0 aliphatic carbocycles. The lowest BCUT2D eigenvalue weighted by Crippen LogP contribution is -2.52. The summed E-state index contributed by atoms with van der Waals surface area (Å²) in [6, 6.07) is 0. The fourth-order valence-electron chi connectivity index (χ4n) is 2.24. The molecule has 1 fully saturated rings. The molecule has 6 nitrogen and oxygen atoms in total. The van der Waals surface area contributed by atoms with Crippen molar-refractivity contribution in [3.8, 4) is 0 Å². The fourth-order valence-corrected chi connectivity index (χ4v) is 5.24. The lowest BCUT2D eigenvalue weighted by molar-refractivity contribution is -0.153.